The van der Waals surface area contributed by atoms with Gasteiger partial charge < -0.3 is 25.1 Å². The summed E-state index contributed by atoms with van der Waals surface area (Å²) in [5.41, 5.74) is 3.78. The van der Waals surface area contributed by atoms with E-state index in [4.69, 9.17) is 9.47 Å². The quantitative estimate of drug-likeness (QED) is 0.109. The first-order chi connectivity index (χ1) is 22.4. The third-order valence-electron chi connectivity index (χ3n) is 7.53. The maximum absolute atomic E-state index is 14.4. The molecule has 4 heterocycles. The lowest BCUT2D eigenvalue weighted by Crippen LogP contribution is -2.36. The Hall–Kier alpha value is -5.01. The molecular weight excluding hydrogens is 594 g/mol. The SMILES string of the molecule is O=C(C=CC(F)(F)CCCCN1CCOCC1)Nc1cc2c(Nc3ccc4[nH]c(OCc5ccccc5)nc4c3)ncnc2cn1. The van der Waals surface area contributed by atoms with Gasteiger partial charge in [0.1, 0.15) is 24.6 Å². The predicted octanol–water partition coefficient (Wildman–Crippen LogP) is 5.86. The fraction of sp³-hybridized carbons (Fsp3) is 0.303. The van der Waals surface area contributed by atoms with Crippen LogP contribution < -0.4 is 15.4 Å². The van der Waals surface area contributed by atoms with Gasteiger partial charge in [0, 0.05) is 36.7 Å². The van der Waals surface area contributed by atoms with Crippen molar-refractivity contribution in [3.63, 3.8) is 0 Å². The Morgan fingerprint density at radius 3 is 2.74 bits per heavy atom. The Kier molecular flexibility index (Phi) is 9.70. The lowest BCUT2D eigenvalue weighted by molar-refractivity contribution is -0.112. The van der Waals surface area contributed by atoms with Gasteiger partial charge in [-0.3, -0.25) is 9.69 Å². The Balaban J connectivity index is 1.06. The first-order valence-corrected chi connectivity index (χ1v) is 15.1. The normalized spacial score (nSPS) is 14.2. The highest BCUT2D eigenvalue weighted by Crippen LogP contribution is 2.27. The molecule has 13 heteroatoms. The molecule has 0 bridgehead atoms. The predicted molar refractivity (Wildman–Crippen MR) is 171 cm³/mol. The Labute approximate surface area is 264 Å². The molecule has 11 nitrogen and oxygen atoms in total. The number of rotatable bonds is 13. The van der Waals surface area contributed by atoms with Gasteiger partial charge in [-0.1, -0.05) is 30.3 Å². The van der Waals surface area contributed by atoms with Crippen molar-refractivity contribution in [2.45, 2.75) is 31.8 Å². The number of halogens is 2. The number of hydrogen-bond acceptors (Lipinski definition) is 9. The molecule has 1 saturated heterocycles. The number of ether oxygens (including phenoxy) is 2. The number of benzene rings is 2. The minimum Gasteiger partial charge on any atom is -0.460 e. The Morgan fingerprint density at radius 2 is 1.89 bits per heavy atom. The van der Waals surface area contributed by atoms with E-state index in [-0.39, 0.29) is 12.2 Å². The molecule has 238 valence electrons. The molecule has 3 aromatic heterocycles. The van der Waals surface area contributed by atoms with Gasteiger partial charge in [-0.05, 0) is 55.3 Å². The molecule has 46 heavy (non-hydrogen) atoms. The van der Waals surface area contributed by atoms with Crippen LogP contribution in [-0.4, -0.2) is 74.5 Å². The second-order valence-corrected chi connectivity index (χ2v) is 11.0. The first kappa shape index (κ1) is 31.0. The third-order valence-corrected chi connectivity index (χ3v) is 7.53. The number of carbonyl (C=O) groups is 1. The van der Waals surface area contributed by atoms with Gasteiger partial charge in [0.2, 0.25) is 5.91 Å². The Bertz CT molecular complexity index is 1810. The van der Waals surface area contributed by atoms with Gasteiger partial charge in [-0.2, -0.15) is 4.98 Å². The smallest absolute Gasteiger partial charge is 0.294 e. The van der Waals surface area contributed by atoms with Crippen LogP contribution in [0.3, 0.4) is 0 Å². The van der Waals surface area contributed by atoms with E-state index in [9.17, 15) is 13.6 Å². The topological polar surface area (TPSA) is 130 Å². The molecule has 3 N–H and O–H groups in total. The van der Waals surface area contributed by atoms with Crippen LogP contribution in [0.2, 0.25) is 0 Å². The number of unbranched alkanes of at least 4 members (excludes halogenated alkanes) is 1. The average Bonchev–Trinajstić information content (AvgIpc) is 3.48. The van der Waals surface area contributed by atoms with Gasteiger partial charge in [-0.25, -0.2) is 23.7 Å². The lowest BCUT2D eigenvalue weighted by Gasteiger charge is -2.26. The molecule has 1 aliphatic rings. The number of morpholine rings is 1. The summed E-state index contributed by atoms with van der Waals surface area (Å²) >= 11 is 0. The average molecular weight is 629 g/mol. The van der Waals surface area contributed by atoms with E-state index in [2.05, 4.69) is 40.5 Å². The van der Waals surface area contributed by atoms with Crippen molar-refractivity contribution in [2.75, 3.05) is 43.5 Å². The highest BCUT2D eigenvalue weighted by atomic mass is 19.3. The van der Waals surface area contributed by atoms with Gasteiger partial charge in [-0.15, -0.1) is 0 Å². The summed E-state index contributed by atoms with van der Waals surface area (Å²) < 4.78 is 39.9. The molecular formula is C33H34F2N8O3. The summed E-state index contributed by atoms with van der Waals surface area (Å²) in [5, 5.41) is 6.41. The summed E-state index contributed by atoms with van der Waals surface area (Å²) in [6, 6.07) is 17.4. The number of hydrogen-bond donors (Lipinski definition) is 3. The molecule has 0 spiro atoms. The van der Waals surface area contributed by atoms with Crippen molar-refractivity contribution in [1.82, 2.24) is 29.8 Å². The summed E-state index contributed by atoms with van der Waals surface area (Å²) in [5.74, 6) is -3.15. The molecule has 0 saturated carbocycles. The molecule has 6 rings (SSSR count). The van der Waals surface area contributed by atoms with E-state index in [1.807, 2.05) is 48.5 Å². The van der Waals surface area contributed by atoms with Gasteiger partial charge in [0.05, 0.1) is 36.0 Å². The molecule has 1 aliphatic heterocycles. The number of pyridine rings is 1. The number of nitrogens with one attached hydrogen (secondary N) is 3. The largest absolute Gasteiger partial charge is 0.460 e. The molecule has 0 atom stereocenters. The van der Waals surface area contributed by atoms with Crippen LogP contribution in [0.4, 0.5) is 26.1 Å². The molecule has 0 radical (unpaired) electrons. The summed E-state index contributed by atoms with van der Waals surface area (Å²) in [6.45, 7) is 4.17. The second-order valence-electron chi connectivity index (χ2n) is 11.0. The number of carbonyl (C=O) groups excluding carboxylic acids is 1. The molecule has 1 fully saturated rings. The van der Waals surface area contributed by atoms with Crippen molar-refractivity contribution < 1.29 is 23.0 Å². The van der Waals surface area contributed by atoms with E-state index < -0.39 is 11.8 Å². The maximum atomic E-state index is 14.4. The van der Waals surface area contributed by atoms with E-state index in [0.29, 0.717) is 72.7 Å². The van der Waals surface area contributed by atoms with Gasteiger partial charge in [0.15, 0.2) is 0 Å². The number of imidazole rings is 1. The van der Waals surface area contributed by atoms with Crippen LogP contribution in [0, 0.1) is 0 Å². The number of aromatic nitrogens is 5. The van der Waals surface area contributed by atoms with Crippen LogP contribution in [0.1, 0.15) is 24.8 Å². The number of allylic oxidation sites excluding steroid dienone is 1. The first-order valence-electron chi connectivity index (χ1n) is 15.1. The molecule has 2 aromatic carbocycles. The molecule has 5 aromatic rings. The zero-order valence-corrected chi connectivity index (χ0v) is 25.1. The van der Waals surface area contributed by atoms with E-state index in [1.54, 1.807) is 6.07 Å². The molecule has 1 amide bonds. The standard InChI is InChI=1S/C33H34F2N8O3/c34-33(35,11-4-5-13-43-14-16-45-17-15-43)12-10-30(44)42-29-19-25-28(20-36-29)37-22-38-31(25)39-24-8-9-26-27(18-24)41-32(40-26)46-21-23-6-2-1-3-7-23/h1-3,6-10,12,18-20,22H,4-5,11,13-17,21H2,(H,40,41)(H,36,42,44)(H,37,38,39). The number of H-pyrrole nitrogens is 1. The summed E-state index contributed by atoms with van der Waals surface area (Å²) in [7, 11) is 0. The minimum absolute atomic E-state index is 0.178. The maximum Gasteiger partial charge on any atom is 0.294 e. The van der Waals surface area contributed by atoms with Crippen molar-refractivity contribution in [3.05, 3.63) is 84.8 Å². The van der Waals surface area contributed by atoms with Crippen LogP contribution in [0.5, 0.6) is 6.01 Å². The van der Waals surface area contributed by atoms with Crippen molar-refractivity contribution >= 4 is 45.2 Å². The van der Waals surface area contributed by atoms with Crippen molar-refractivity contribution in [3.8, 4) is 6.01 Å². The van der Waals surface area contributed by atoms with E-state index >= 15 is 0 Å². The van der Waals surface area contributed by atoms with Crippen LogP contribution >= 0.6 is 0 Å². The van der Waals surface area contributed by atoms with Gasteiger partial charge in [0.25, 0.3) is 11.9 Å². The van der Waals surface area contributed by atoms with Crippen LogP contribution in [0.15, 0.2) is 79.3 Å². The number of nitrogens with zero attached hydrogens (tertiary/aromatic N) is 5. The zero-order chi connectivity index (χ0) is 31.8. The van der Waals surface area contributed by atoms with Crippen LogP contribution in [0.25, 0.3) is 21.9 Å². The summed E-state index contributed by atoms with van der Waals surface area (Å²) in [4.78, 5) is 35.3. The number of amides is 1. The van der Waals surface area contributed by atoms with Crippen LogP contribution in [-0.2, 0) is 16.1 Å². The van der Waals surface area contributed by atoms with Gasteiger partial charge >= 0.3 is 0 Å². The number of aromatic amines is 1. The monoisotopic (exact) mass is 628 g/mol. The highest BCUT2D eigenvalue weighted by Gasteiger charge is 2.25. The van der Waals surface area contributed by atoms with E-state index in [1.165, 1.54) is 12.5 Å². The van der Waals surface area contributed by atoms with E-state index in [0.717, 1.165) is 36.8 Å². The fourth-order valence-corrected chi connectivity index (χ4v) is 5.09. The number of alkyl halides is 2. The molecule has 0 unspecified atom stereocenters. The minimum atomic E-state index is -3.09. The fourth-order valence-electron chi connectivity index (χ4n) is 5.09. The number of fused-ring (bicyclic) bond motifs is 2. The highest BCUT2D eigenvalue weighted by molar-refractivity contribution is 6.01. The summed E-state index contributed by atoms with van der Waals surface area (Å²) in [6.07, 6.45) is 5.08. The Morgan fingerprint density at radius 1 is 1.04 bits per heavy atom. The molecule has 0 aliphatic carbocycles. The van der Waals surface area contributed by atoms with Crippen molar-refractivity contribution in [2.24, 2.45) is 0 Å². The zero-order valence-electron chi connectivity index (χ0n) is 25.1. The second kappa shape index (κ2) is 14.4. The number of anilines is 3. The van der Waals surface area contributed by atoms with Crippen molar-refractivity contribution in [1.29, 1.82) is 0 Å². The lowest BCUT2D eigenvalue weighted by atomic mass is 10.1. The third kappa shape index (κ3) is 8.37.